The average Bonchev–Trinajstić information content (AvgIpc) is 2.52. The minimum atomic E-state index is 0.547. The van der Waals surface area contributed by atoms with E-state index in [0.717, 1.165) is 13.0 Å². The summed E-state index contributed by atoms with van der Waals surface area (Å²) in [5.74, 6) is 0.547. The highest BCUT2D eigenvalue weighted by atomic mass is 15.1. The molecule has 0 saturated carbocycles. The molecule has 0 aromatic rings. The first-order valence-corrected chi connectivity index (χ1v) is 6.01. The molecular weight excluding hydrogens is 188 g/mol. The molecule has 0 amide bonds. The lowest BCUT2D eigenvalue weighted by Gasteiger charge is -2.19. The van der Waals surface area contributed by atoms with E-state index in [-0.39, 0.29) is 0 Å². The van der Waals surface area contributed by atoms with E-state index in [1.165, 1.54) is 45.3 Å². The van der Waals surface area contributed by atoms with E-state index in [2.05, 4.69) is 15.2 Å². The summed E-state index contributed by atoms with van der Waals surface area (Å²) in [6.45, 7) is 4.67. The summed E-state index contributed by atoms with van der Waals surface area (Å²) >= 11 is 0. The molecule has 0 atom stereocenters. The lowest BCUT2D eigenvalue weighted by atomic mass is 10.2. The summed E-state index contributed by atoms with van der Waals surface area (Å²) in [7, 11) is 1.71. The standard InChI is InChI=1S/C11H24N4/c1-13-11(12)14-7-6-10-15-8-4-2-3-5-9-15/h2-10H2,1H3,(H3,12,13,14). The number of nitrogens with two attached hydrogens (primary N) is 1. The van der Waals surface area contributed by atoms with Crippen molar-refractivity contribution in [2.24, 2.45) is 10.7 Å². The Bertz CT molecular complexity index is 183. The fraction of sp³-hybridized carbons (Fsp3) is 0.909. The second-order valence-electron chi connectivity index (χ2n) is 4.15. The van der Waals surface area contributed by atoms with Gasteiger partial charge in [0.2, 0.25) is 0 Å². The topological polar surface area (TPSA) is 53.6 Å². The van der Waals surface area contributed by atoms with E-state index in [9.17, 15) is 0 Å². The second-order valence-corrected chi connectivity index (χ2v) is 4.15. The highest BCUT2D eigenvalue weighted by Crippen LogP contribution is 2.09. The summed E-state index contributed by atoms with van der Waals surface area (Å²) in [6, 6.07) is 0. The minimum absolute atomic E-state index is 0.547. The number of nitrogens with one attached hydrogen (secondary N) is 1. The van der Waals surface area contributed by atoms with Gasteiger partial charge < -0.3 is 16.0 Å². The SMILES string of the molecule is CN=C(N)NCCCN1CCCCCC1. The van der Waals surface area contributed by atoms with Crippen LogP contribution in [0, 0.1) is 0 Å². The monoisotopic (exact) mass is 212 g/mol. The maximum absolute atomic E-state index is 5.54. The largest absolute Gasteiger partial charge is 0.370 e. The Kier molecular flexibility index (Phi) is 6.16. The summed E-state index contributed by atoms with van der Waals surface area (Å²) in [5, 5.41) is 3.09. The molecule has 4 nitrogen and oxygen atoms in total. The smallest absolute Gasteiger partial charge is 0.188 e. The quantitative estimate of drug-likeness (QED) is 0.411. The molecule has 0 bridgehead atoms. The maximum atomic E-state index is 5.54. The predicted octanol–water partition coefficient (Wildman–Crippen LogP) is 0.787. The molecular formula is C11H24N4. The summed E-state index contributed by atoms with van der Waals surface area (Å²) in [4.78, 5) is 6.42. The molecule has 15 heavy (non-hydrogen) atoms. The Morgan fingerprint density at radius 2 is 1.93 bits per heavy atom. The Hall–Kier alpha value is -0.770. The number of nitrogens with zero attached hydrogens (tertiary/aromatic N) is 2. The van der Waals surface area contributed by atoms with Crippen molar-refractivity contribution in [3.8, 4) is 0 Å². The maximum Gasteiger partial charge on any atom is 0.188 e. The third-order valence-electron chi connectivity index (χ3n) is 2.90. The van der Waals surface area contributed by atoms with Gasteiger partial charge in [0.15, 0.2) is 5.96 Å². The van der Waals surface area contributed by atoms with E-state index >= 15 is 0 Å². The Balaban J connectivity index is 2.03. The zero-order chi connectivity index (χ0) is 10.9. The second kappa shape index (κ2) is 7.51. The number of hydrogen-bond donors (Lipinski definition) is 2. The third-order valence-corrected chi connectivity index (χ3v) is 2.90. The van der Waals surface area contributed by atoms with Gasteiger partial charge in [-0.2, -0.15) is 0 Å². The Morgan fingerprint density at radius 1 is 1.27 bits per heavy atom. The molecule has 0 spiro atoms. The zero-order valence-electron chi connectivity index (χ0n) is 9.84. The van der Waals surface area contributed by atoms with Crippen LogP contribution < -0.4 is 11.1 Å². The summed E-state index contributed by atoms with van der Waals surface area (Å²) in [5.41, 5.74) is 5.54. The van der Waals surface area contributed by atoms with Crippen molar-refractivity contribution in [2.75, 3.05) is 33.2 Å². The molecule has 1 fully saturated rings. The van der Waals surface area contributed by atoms with Crippen molar-refractivity contribution in [1.82, 2.24) is 10.2 Å². The fourth-order valence-corrected chi connectivity index (χ4v) is 1.96. The Morgan fingerprint density at radius 3 is 2.53 bits per heavy atom. The van der Waals surface area contributed by atoms with E-state index < -0.39 is 0 Å². The van der Waals surface area contributed by atoms with Crippen molar-refractivity contribution in [3.05, 3.63) is 0 Å². The lowest BCUT2D eigenvalue weighted by molar-refractivity contribution is 0.282. The van der Waals surface area contributed by atoms with Crippen LogP contribution in [0.4, 0.5) is 0 Å². The van der Waals surface area contributed by atoms with Crippen LogP contribution in [0.5, 0.6) is 0 Å². The molecule has 0 aromatic heterocycles. The van der Waals surface area contributed by atoms with Gasteiger partial charge >= 0.3 is 0 Å². The summed E-state index contributed by atoms with van der Waals surface area (Å²) < 4.78 is 0. The number of rotatable bonds is 4. The number of likely N-dealkylation sites (tertiary alicyclic amines) is 1. The fourth-order valence-electron chi connectivity index (χ4n) is 1.96. The molecule has 1 saturated heterocycles. The van der Waals surface area contributed by atoms with Crippen LogP contribution in [-0.2, 0) is 0 Å². The van der Waals surface area contributed by atoms with Gasteiger partial charge in [0.25, 0.3) is 0 Å². The molecule has 1 aliphatic heterocycles. The van der Waals surface area contributed by atoms with Crippen LogP contribution in [0.3, 0.4) is 0 Å². The van der Waals surface area contributed by atoms with E-state index in [1.54, 1.807) is 7.05 Å². The normalized spacial score (nSPS) is 19.9. The molecule has 0 aliphatic carbocycles. The number of aliphatic imine (C=N–C) groups is 1. The number of hydrogen-bond acceptors (Lipinski definition) is 2. The molecule has 1 heterocycles. The van der Waals surface area contributed by atoms with E-state index in [4.69, 9.17) is 5.73 Å². The minimum Gasteiger partial charge on any atom is -0.370 e. The van der Waals surface area contributed by atoms with E-state index in [0.29, 0.717) is 5.96 Å². The average molecular weight is 212 g/mol. The van der Waals surface area contributed by atoms with E-state index in [1.807, 2.05) is 0 Å². The lowest BCUT2D eigenvalue weighted by Crippen LogP contribution is -2.34. The molecule has 4 heteroatoms. The van der Waals surface area contributed by atoms with Crippen LogP contribution in [-0.4, -0.2) is 44.1 Å². The van der Waals surface area contributed by atoms with Gasteiger partial charge in [-0.05, 0) is 38.9 Å². The van der Waals surface area contributed by atoms with Gasteiger partial charge in [0, 0.05) is 13.6 Å². The van der Waals surface area contributed by atoms with Crippen LogP contribution in [0.15, 0.2) is 4.99 Å². The highest BCUT2D eigenvalue weighted by Gasteiger charge is 2.07. The van der Waals surface area contributed by atoms with Gasteiger partial charge in [0.05, 0.1) is 0 Å². The van der Waals surface area contributed by atoms with Crippen molar-refractivity contribution < 1.29 is 0 Å². The van der Waals surface area contributed by atoms with Gasteiger partial charge in [-0.1, -0.05) is 12.8 Å². The van der Waals surface area contributed by atoms with Gasteiger partial charge in [-0.25, -0.2) is 0 Å². The Labute approximate surface area is 92.9 Å². The molecule has 1 aliphatic rings. The van der Waals surface area contributed by atoms with Crippen molar-refractivity contribution in [2.45, 2.75) is 32.1 Å². The molecule has 1 rings (SSSR count). The van der Waals surface area contributed by atoms with Gasteiger partial charge in [-0.3, -0.25) is 4.99 Å². The predicted molar refractivity (Wildman–Crippen MR) is 65.1 cm³/mol. The van der Waals surface area contributed by atoms with Crippen molar-refractivity contribution in [1.29, 1.82) is 0 Å². The van der Waals surface area contributed by atoms with Crippen molar-refractivity contribution in [3.63, 3.8) is 0 Å². The molecule has 88 valence electrons. The van der Waals surface area contributed by atoms with Crippen LogP contribution in [0.2, 0.25) is 0 Å². The first-order valence-electron chi connectivity index (χ1n) is 6.01. The first kappa shape index (κ1) is 12.3. The molecule has 3 N–H and O–H groups in total. The molecule has 0 unspecified atom stereocenters. The van der Waals surface area contributed by atoms with Crippen molar-refractivity contribution >= 4 is 5.96 Å². The van der Waals surface area contributed by atoms with Gasteiger partial charge in [0.1, 0.15) is 0 Å². The van der Waals surface area contributed by atoms with Crippen LogP contribution in [0.25, 0.3) is 0 Å². The highest BCUT2D eigenvalue weighted by molar-refractivity contribution is 5.77. The van der Waals surface area contributed by atoms with Crippen LogP contribution in [0.1, 0.15) is 32.1 Å². The van der Waals surface area contributed by atoms with Crippen LogP contribution >= 0.6 is 0 Å². The third kappa shape index (κ3) is 5.62. The molecule has 0 radical (unpaired) electrons. The first-order chi connectivity index (χ1) is 7.33. The molecule has 0 aromatic carbocycles. The number of guanidine groups is 1. The summed E-state index contributed by atoms with van der Waals surface area (Å²) in [6.07, 6.45) is 6.70. The van der Waals surface area contributed by atoms with Gasteiger partial charge in [-0.15, -0.1) is 0 Å². The zero-order valence-corrected chi connectivity index (χ0v) is 9.84.